The smallest absolute Gasteiger partial charge is 0.229 e. The summed E-state index contributed by atoms with van der Waals surface area (Å²) < 4.78 is 25.8. The van der Waals surface area contributed by atoms with E-state index >= 15 is 0 Å². The molecule has 0 aliphatic carbocycles. The first kappa shape index (κ1) is 15.9. The molecule has 0 heterocycles. The molecule has 0 bridgehead atoms. The Morgan fingerprint density at radius 3 is 2.00 bits per heavy atom. The van der Waals surface area contributed by atoms with Gasteiger partial charge in [0, 0.05) is 21.9 Å². The third kappa shape index (κ3) is 5.06. The van der Waals surface area contributed by atoms with Crippen molar-refractivity contribution >= 4 is 37.3 Å². The zero-order valence-corrected chi connectivity index (χ0v) is 14.2. The maximum absolute atomic E-state index is 11.1. The van der Waals surface area contributed by atoms with Crippen molar-refractivity contribution < 1.29 is 8.42 Å². The molecule has 0 radical (unpaired) electrons. The summed E-state index contributed by atoms with van der Waals surface area (Å²) in [5, 5.41) is 3.38. The molecule has 0 aliphatic heterocycles. The Balaban J connectivity index is 2.04. The highest BCUT2D eigenvalue weighted by Crippen LogP contribution is 2.22. The molecule has 21 heavy (non-hydrogen) atoms. The van der Waals surface area contributed by atoms with Crippen molar-refractivity contribution in [3.8, 4) is 0 Å². The van der Waals surface area contributed by atoms with Crippen LogP contribution >= 0.6 is 15.9 Å². The second kappa shape index (κ2) is 6.49. The average molecular weight is 369 g/mol. The van der Waals surface area contributed by atoms with Gasteiger partial charge in [-0.2, -0.15) is 0 Å². The lowest BCUT2D eigenvalue weighted by Gasteiger charge is -2.16. The molecule has 0 amide bonds. The van der Waals surface area contributed by atoms with Gasteiger partial charge in [0.2, 0.25) is 10.0 Å². The van der Waals surface area contributed by atoms with Crippen molar-refractivity contribution in [2.75, 3.05) is 16.3 Å². The molecule has 2 aromatic carbocycles. The summed E-state index contributed by atoms with van der Waals surface area (Å²) in [5.74, 6) is 0. The summed E-state index contributed by atoms with van der Waals surface area (Å²) in [6, 6.07) is 15.5. The van der Waals surface area contributed by atoms with E-state index in [0.29, 0.717) is 5.69 Å². The van der Waals surface area contributed by atoms with E-state index in [0.717, 1.165) is 16.4 Å². The van der Waals surface area contributed by atoms with Crippen LogP contribution in [0.25, 0.3) is 0 Å². The zero-order chi connectivity index (χ0) is 15.5. The Labute approximate surface area is 133 Å². The molecular weight excluding hydrogens is 352 g/mol. The van der Waals surface area contributed by atoms with Crippen molar-refractivity contribution in [2.24, 2.45) is 0 Å². The molecule has 2 aromatic rings. The molecule has 2 rings (SSSR count). The molecule has 1 atom stereocenters. The quantitative estimate of drug-likeness (QED) is 0.838. The SMILES string of the molecule is CC(Nc1ccc(NS(C)(=O)=O)cc1)c1ccc(Br)cc1. The summed E-state index contributed by atoms with van der Waals surface area (Å²) in [6.45, 7) is 2.08. The van der Waals surface area contributed by atoms with Gasteiger partial charge in [-0.1, -0.05) is 28.1 Å². The van der Waals surface area contributed by atoms with Crippen LogP contribution in [0.15, 0.2) is 53.0 Å². The van der Waals surface area contributed by atoms with E-state index in [1.54, 1.807) is 12.1 Å². The monoisotopic (exact) mass is 368 g/mol. The van der Waals surface area contributed by atoms with Crippen molar-refractivity contribution in [2.45, 2.75) is 13.0 Å². The fourth-order valence-electron chi connectivity index (χ4n) is 1.93. The number of hydrogen-bond donors (Lipinski definition) is 2. The van der Waals surface area contributed by atoms with Gasteiger partial charge in [-0.05, 0) is 48.9 Å². The lowest BCUT2D eigenvalue weighted by molar-refractivity contribution is 0.607. The fourth-order valence-corrected chi connectivity index (χ4v) is 2.76. The van der Waals surface area contributed by atoms with E-state index in [1.807, 2.05) is 24.3 Å². The largest absolute Gasteiger partial charge is 0.379 e. The summed E-state index contributed by atoms with van der Waals surface area (Å²) >= 11 is 3.42. The Bertz CT molecular complexity index is 697. The third-order valence-corrected chi connectivity index (χ3v) is 4.08. The molecule has 1 unspecified atom stereocenters. The number of halogens is 1. The van der Waals surface area contributed by atoms with Gasteiger partial charge in [-0.25, -0.2) is 8.42 Å². The predicted molar refractivity (Wildman–Crippen MR) is 91.1 cm³/mol. The van der Waals surface area contributed by atoms with Crippen molar-refractivity contribution in [1.82, 2.24) is 0 Å². The average Bonchev–Trinajstić information content (AvgIpc) is 2.40. The molecule has 0 saturated carbocycles. The van der Waals surface area contributed by atoms with E-state index in [9.17, 15) is 8.42 Å². The molecule has 0 aromatic heterocycles. The van der Waals surface area contributed by atoms with Gasteiger partial charge in [0.25, 0.3) is 0 Å². The van der Waals surface area contributed by atoms with Gasteiger partial charge in [0.05, 0.1) is 6.26 Å². The maximum atomic E-state index is 11.1. The highest BCUT2D eigenvalue weighted by atomic mass is 79.9. The Morgan fingerprint density at radius 1 is 0.952 bits per heavy atom. The van der Waals surface area contributed by atoms with Crippen molar-refractivity contribution in [1.29, 1.82) is 0 Å². The van der Waals surface area contributed by atoms with Gasteiger partial charge in [-0.15, -0.1) is 0 Å². The second-order valence-electron chi connectivity index (χ2n) is 4.87. The molecule has 0 spiro atoms. The molecule has 0 saturated heterocycles. The molecule has 4 nitrogen and oxygen atoms in total. The van der Waals surface area contributed by atoms with E-state index in [1.165, 1.54) is 5.56 Å². The fraction of sp³-hybridized carbons (Fsp3) is 0.200. The molecule has 0 aliphatic rings. The van der Waals surface area contributed by atoms with E-state index in [-0.39, 0.29) is 6.04 Å². The van der Waals surface area contributed by atoms with Crippen molar-refractivity contribution in [3.05, 3.63) is 58.6 Å². The Kier molecular flexibility index (Phi) is 4.90. The third-order valence-electron chi connectivity index (χ3n) is 2.94. The van der Waals surface area contributed by atoms with Crippen LogP contribution in [0.1, 0.15) is 18.5 Å². The normalized spacial score (nSPS) is 12.7. The van der Waals surface area contributed by atoms with E-state index in [2.05, 4.69) is 45.0 Å². The summed E-state index contributed by atoms with van der Waals surface area (Å²) in [4.78, 5) is 0. The Hall–Kier alpha value is -1.53. The lowest BCUT2D eigenvalue weighted by atomic mass is 10.1. The van der Waals surface area contributed by atoms with Crippen LogP contribution in [-0.2, 0) is 10.0 Å². The first-order chi connectivity index (χ1) is 9.83. The van der Waals surface area contributed by atoms with Crippen LogP contribution in [0.2, 0.25) is 0 Å². The minimum atomic E-state index is -3.24. The van der Waals surface area contributed by atoms with Crippen molar-refractivity contribution in [3.63, 3.8) is 0 Å². The zero-order valence-electron chi connectivity index (χ0n) is 11.8. The van der Waals surface area contributed by atoms with Crippen LogP contribution in [0.5, 0.6) is 0 Å². The summed E-state index contributed by atoms with van der Waals surface area (Å²) in [5.41, 5.74) is 2.67. The standard InChI is InChI=1S/C15H17BrN2O2S/c1-11(12-3-5-13(16)6-4-12)17-14-7-9-15(10-8-14)18-21(2,19)20/h3-11,17-18H,1-2H3. The van der Waals surface area contributed by atoms with Gasteiger partial charge in [-0.3, -0.25) is 4.72 Å². The number of benzene rings is 2. The predicted octanol–water partition coefficient (Wildman–Crippen LogP) is 3.99. The molecule has 6 heteroatoms. The number of nitrogens with one attached hydrogen (secondary N) is 2. The molecule has 112 valence electrons. The topological polar surface area (TPSA) is 58.2 Å². The van der Waals surface area contributed by atoms with Gasteiger partial charge in [0.15, 0.2) is 0 Å². The van der Waals surface area contributed by atoms with E-state index in [4.69, 9.17) is 0 Å². The first-order valence-electron chi connectivity index (χ1n) is 6.43. The van der Waals surface area contributed by atoms with Crippen LogP contribution in [0.3, 0.4) is 0 Å². The minimum Gasteiger partial charge on any atom is -0.379 e. The first-order valence-corrected chi connectivity index (χ1v) is 9.12. The molecular formula is C15H17BrN2O2S. The minimum absolute atomic E-state index is 0.159. The van der Waals surface area contributed by atoms with Crippen LogP contribution in [-0.4, -0.2) is 14.7 Å². The summed E-state index contributed by atoms with van der Waals surface area (Å²) in [7, 11) is -3.24. The lowest BCUT2D eigenvalue weighted by Crippen LogP contribution is -2.10. The number of anilines is 2. The number of sulfonamides is 1. The highest BCUT2D eigenvalue weighted by Gasteiger charge is 2.06. The Morgan fingerprint density at radius 2 is 1.48 bits per heavy atom. The molecule has 0 fully saturated rings. The van der Waals surface area contributed by atoms with Crippen LogP contribution in [0.4, 0.5) is 11.4 Å². The number of hydrogen-bond acceptors (Lipinski definition) is 3. The van der Waals surface area contributed by atoms with Gasteiger partial charge < -0.3 is 5.32 Å². The van der Waals surface area contributed by atoms with E-state index < -0.39 is 10.0 Å². The van der Waals surface area contributed by atoms with Crippen LogP contribution in [0, 0.1) is 0 Å². The molecule has 2 N–H and O–H groups in total. The summed E-state index contributed by atoms with van der Waals surface area (Å²) in [6.07, 6.45) is 1.13. The van der Waals surface area contributed by atoms with Gasteiger partial charge in [0.1, 0.15) is 0 Å². The number of rotatable bonds is 5. The van der Waals surface area contributed by atoms with Crippen LogP contribution < -0.4 is 10.0 Å². The second-order valence-corrected chi connectivity index (χ2v) is 7.53. The highest BCUT2D eigenvalue weighted by molar-refractivity contribution is 9.10. The maximum Gasteiger partial charge on any atom is 0.229 e. The van der Waals surface area contributed by atoms with Gasteiger partial charge >= 0.3 is 0 Å².